The molecular weight excluding hydrogens is 246 g/mol. The maximum absolute atomic E-state index is 4.60. The molecule has 1 N–H and O–H groups in total. The van der Waals surface area contributed by atoms with Crippen LogP contribution in [0.15, 0.2) is 54.7 Å². The first-order valence-corrected chi connectivity index (χ1v) is 6.78. The molecule has 0 aliphatic carbocycles. The van der Waals surface area contributed by atoms with E-state index in [9.17, 15) is 0 Å². The molecule has 3 heteroatoms. The Balaban J connectivity index is 1.63. The van der Waals surface area contributed by atoms with Crippen LogP contribution >= 0.6 is 0 Å². The first-order chi connectivity index (χ1) is 9.81. The van der Waals surface area contributed by atoms with Crippen molar-refractivity contribution in [2.45, 2.75) is 20.0 Å². The van der Waals surface area contributed by atoms with Gasteiger partial charge in [-0.05, 0) is 24.6 Å². The van der Waals surface area contributed by atoms with E-state index in [1.807, 2.05) is 30.5 Å². The van der Waals surface area contributed by atoms with Gasteiger partial charge in [-0.3, -0.25) is 4.98 Å². The van der Waals surface area contributed by atoms with Crippen LogP contribution in [-0.4, -0.2) is 9.97 Å². The number of aromatic nitrogens is 2. The third-order valence-corrected chi connectivity index (χ3v) is 3.25. The number of nitrogens with one attached hydrogen (secondary N) is 1. The summed E-state index contributed by atoms with van der Waals surface area (Å²) in [5.41, 5.74) is 5.42. The molecule has 0 aliphatic rings. The fraction of sp³-hybridized carbons (Fsp3) is 0.176. The number of rotatable bonds is 4. The first-order valence-electron chi connectivity index (χ1n) is 6.78. The lowest BCUT2D eigenvalue weighted by molar-refractivity contribution is 0.679. The topological polar surface area (TPSA) is 37.8 Å². The molecule has 3 rings (SSSR count). The van der Waals surface area contributed by atoms with Crippen LogP contribution in [0.2, 0.25) is 0 Å². The summed E-state index contributed by atoms with van der Waals surface area (Å²) < 4.78 is 0. The SMILES string of the molecule is Cc1ccc(CNCc2cnc3ccccc3n2)cc1. The molecule has 2 aromatic carbocycles. The molecule has 3 aromatic rings. The molecule has 0 amide bonds. The van der Waals surface area contributed by atoms with Crippen LogP contribution in [0.1, 0.15) is 16.8 Å². The predicted octanol–water partition coefficient (Wildman–Crippen LogP) is 3.23. The summed E-state index contributed by atoms with van der Waals surface area (Å²) in [5, 5.41) is 3.40. The third-order valence-electron chi connectivity index (χ3n) is 3.25. The zero-order chi connectivity index (χ0) is 13.8. The smallest absolute Gasteiger partial charge is 0.0890 e. The summed E-state index contributed by atoms with van der Waals surface area (Å²) in [6.45, 7) is 3.67. The van der Waals surface area contributed by atoms with Gasteiger partial charge in [-0.1, -0.05) is 42.0 Å². The van der Waals surface area contributed by atoms with Crippen molar-refractivity contribution in [1.29, 1.82) is 0 Å². The molecule has 0 fully saturated rings. The Morgan fingerprint density at radius 1 is 0.900 bits per heavy atom. The van der Waals surface area contributed by atoms with Crippen molar-refractivity contribution in [2.75, 3.05) is 0 Å². The van der Waals surface area contributed by atoms with Crippen LogP contribution in [0.4, 0.5) is 0 Å². The number of hydrogen-bond acceptors (Lipinski definition) is 3. The monoisotopic (exact) mass is 263 g/mol. The van der Waals surface area contributed by atoms with E-state index >= 15 is 0 Å². The van der Waals surface area contributed by atoms with Gasteiger partial charge in [0.05, 0.1) is 22.9 Å². The van der Waals surface area contributed by atoms with Crippen LogP contribution in [0.5, 0.6) is 0 Å². The second kappa shape index (κ2) is 5.80. The van der Waals surface area contributed by atoms with Gasteiger partial charge in [0.15, 0.2) is 0 Å². The van der Waals surface area contributed by atoms with Gasteiger partial charge in [-0.2, -0.15) is 0 Å². The van der Waals surface area contributed by atoms with Gasteiger partial charge in [0.25, 0.3) is 0 Å². The standard InChI is InChI=1S/C17H17N3/c1-13-6-8-14(9-7-13)10-18-11-15-12-19-16-4-2-3-5-17(16)20-15/h2-9,12,18H,10-11H2,1H3. The van der Waals surface area contributed by atoms with Crippen molar-refractivity contribution in [3.8, 4) is 0 Å². The van der Waals surface area contributed by atoms with E-state index < -0.39 is 0 Å². The van der Waals surface area contributed by atoms with Crippen LogP contribution in [-0.2, 0) is 13.1 Å². The van der Waals surface area contributed by atoms with Crippen molar-refractivity contribution in [3.63, 3.8) is 0 Å². The molecule has 0 unspecified atom stereocenters. The van der Waals surface area contributed by atoms with Crippen LogP contribution in [0.25, 0.3) is 11.0 Å². The first kappa shape index (κ1) is 12.8. The largest absolute Gasteiger partial charge is 0.307 e. The maximum atomic E-state index is 4.60. The van der Waals surface area contributed by atoms with E-state index in [1.54, 1.807) is 0 Å². The van der Waals surface area contributed by atoms with Crippen molar-refractivity contribution in [1.82, 2.24) is 15.3 Å². The van der Waals surface area contributed by atoms with Gasteiger partial charge in [-0.25, -0.2) is 4.98 Å². The van der Waals surface area contributed by atoms with Gasteiger partial charge in [-0.15, -0.1) is 0 Å². The predicted molar refractivity (Wildman–Crippen MR) is 81.3 cm³/mol. The van der Waals surface area contributed by atoms with Crippen molar-refractivity contribution in [2.24, 2.45) is 0 Å². The van der Waals surface area contributed by atoms with E-state index in [0.29, 0.717) is 0 Å². The molecule has 20 heavy (non-hydrogen) atoms. The number of aryl methyl sites for hydroxylation is 1. The van der Waals surface area contributed by atoms with Gasteiger partial charge in [0.2, 0.25) is 0 Å². The number of fused-ring (bicyclic) bond motifs is 1. The lowest BCUT2D eigenvalue weighted by atomic mass is 10.1. The molecule has 1 aromatic heterocycles. The van der Waals surface area contributed by atoms with Gasteiger partial charge < -0.3 is 5.32 Å². The maximum Gasteiger partial charge on any atom is 0.0890 e. The van der Waals surface area contributed by atoms with E-state index in [1.165, 1.54) is 11.1 Å². The van der Waals surface area contributed by atoms with Crippen molar-refractivity contribution < 1.29 is 0 Å². The minimum Gasteiger partial charge on any atom is -0.307 e. The third kappa shape index (κ3) is 3.00. The molecule has 0 radical (unpaired) electrons. The molecule has 0 bridgehead atoms. The number of benzene rings is 2. The van der Waals surface area contributed by atoms with E-state index in [2.05, 4.69) is 46.5 Å². The number of para-hydroxylation sites is 2. The molecule has 0 saturated heterocycles. The summed E-state index contributed by atoms with van der Waals surface area (Å²) >= 11 is 0. The highest BCUT2D eigenvalue weighted by Gasteiger charge is 1.99. The Hall–Kier alpha value is -2.26. The van der Waals surface area contributed by atoms with E-state index in [-0.39, 0.29) is 0 Å². The van der Waals surface area contributed by atoms with Crippen LogP contribution in [0.3, 0.4) is 0 Å². The highest BCUT2D eigenvalue weighted by Crippen LogP contribution is 2.08. The number of hydrogen-bond donors (Lipinski definition) is 1. The van der Waals surface area contributed by atoms with Crippen molar-refractivity contribution >= 4 is 11.0 Å². The lowest BCUT2D eigenvalue weighted by Gasteiger charge is -2.05. The lowest BCUT2D eigenvalue weighted by Crippen LogP contribution is -2.13. The molecule has 3 nitrogen and oxygen atoms in total. The Labute approximate surface area is 118 Å². The van der Waals surface area contributed by atoms with Gasteiger partial charge in [0.1, 0.15) is 0 Å². The van der Waals surface area contributed by atoms with E-state index in [0.717, 1.165) is 29.8 Å². The van der Waals surface area contributed by atoms with Crippen molar-refractivity contribution in [3.05, 3.63) is 71.5 Å². The second-order valence-corrected chi connectivity index (χ2v) is 4.94. The Bertz CT molecular complexity index is 705. The highest BCUT2D eigenvalue weighted by atomic mass is 14.9. The van der Waals surface area contributed by atoms with Crippen LogP contribution < -0.4 is 5.32 Å². The molecule has 0 aliphatic heterocycles. The molecule has 0 atom stereocenters. The summed E-state index contributed by atoms with van der Waals surface area (Å²) in [4.78, 5) is 9.01. The quantitative estimate of drug-likeness (QED) is 0.785. The average molecular weight is 263 g/mol. The average Bonchev–Trinajstić information content (AvgIpc) is 2.49. The van der Waals surface area contributed by atoms with E-state index in [4.69, 9.17) is 0 Å². The van der Waals surface area contributed by atoms with Gasteiger partial charge >= 0.3 is 0 Å². The molecule has 100 valence electrons. The fourth-order valence-electron chi connectivity index (χ4n) is 2.12. The van der Waals surface area contributed by atoms with Gasteiger partial charge in [0, 0.05) is 13.1 Å². The second-order valence-electron chi connectivity index (χ2n) is 4.94. The van der Waals surface area contributed by atoms with Crippen LogP contribution in [0, 0.1) is 6.92 Å². The Kier molecular flexibility index (Phi) is 3.70. The number of nitrogens with zero attached hydrogens (tertiary/aromatic N) is 2. The molecule has 1 heterocycles. The minimum absolute atomic E-state index is 0.728. The molecular formula is C17H17N3. The minimum atomic E-state index is 0.728. The summed E-state index contributed by atoms with van der Waals surface area (Å²) in [6, 6.07) is 16.5. The fourth-order valence-corrected chi connectivity index (χ4v) is 2.12. The molecule has 0 spiro atoms. The zero-order valence-electron chi connectivity index (χ0n) is 11.5. The Morgan fingerprint density at radius 3 is 2.45 bits per heavy atom. The normalized spacial score (nSPS) is 10.8. The summed E-state index contributed by atoms with van der Waals surface area (Å²) in [6.07, 6.45) is 1.84. The highest BCUT2D eigenvalue weighted by molar-refractivity contribution is 5.73. The summed E-state index contributed by atoms with van der Waals surface area (Å²) in [5.74, 6) is 0. The molecule has 0 saturated carbocycles. The zero-order valence-corrected chi connectivity index (χ0v) is 11.5. The summed E-state index contributed by atoms with van der Waals surface area (Å²) in [7, 11) is 0. The Morgan fingerprint density at radius 2 is 1.65 bits per heavy atom.